The van der Waals surface area contributed by atoms with Gasteiger partial charge in [0, 0.05) is 50.0 Å². The molecule has 2 amide bonds. The average Bonchev–Trinajstić information content (AvgIpc) is 2.58. The van der Waals surface area contributed by atoms with Crippen LogP contribution >= 0.6 is 11.6 Å². The number of anilines is 1. The van der Waals surface area contributed by atoms with E-state index in [9.17, 15) is 9.59 Å². The highest BCUT2D eigenvalue weighted by Crippen LogP contribution is 2.21. The molecule has 2 saturated heterocycles. The lowest BCUT2D eigenvalue weighted by Gasteiger charge is -2.38. The lowest BCUT2D eigenvalue weighted by atomic mass is 10.1. The second kappa shape index (κ2) is 7.40. The molecule has 6 nitrogen and oxygen atoms in total. The molecule has 0 spiro atoms. The van der Waals surface area contributed by atoms with Crippen molar-refractivity contribution in [3.63, 3.8) is 0 Å². The number of hydrogen-bond acceptors (Lipinski definition) is 4. The van der Waals surface area contributed by atoms with Crippen molar-refractivity contribution in [1.29, 1.82) is 0 Å². The van der Waals surface area contributed by atoms with Crippen LogP contribution in [-0.4, -0.2) is 74.0 Å². The zero-order chi connectivity index (χ0) is 17.1. The van der Waals surface area contributed by atoms with Gasteiger partial charge in [0.15, 0.2) is 0 Å². The molecule has 2 heterocycles. The van der Waals surface area contributed by atoms with E-state index in [0.717, 1.165) is 30.3 Å². The molecule has 24 heavy (non-hydrogen) atoms. The minimum atomic E-state index is -0.350. The SMILES string of the molecule is CN1CCNC(=O)[C@H]1CC(=O)N1CCN(c2cccc(Cl)c2)CC1. The minimum Gasteiger partial charge on any atom is -0.368 e. The Morgan fingerprint density at radius 1 is 1.25 bits per heavy atom. The molecular weight excluding hydrogens is 328 g/mol. The number of nitrogens with one attached hydrogen (secondary N) is 1. The predicted molar refractivity (Wildman–Crippen MR) is 94.3 cm³/mol. The van der Waals surface area contributed by atoms with Crippen LogP contribution in [0.2, 0.25) is 5.02 Å². The number of piperazine rings is 2. The number of carbonyl (C=O) groups is 2. The van der Waals surface area contributed by atoms with Gasteiger partial charge in [0.05, 0.1) is 12.5 Å². The van der Waals surface area contributed by atoms with Gasteiger partial charge in [-0.25, -0.2) is 0 Å². The molecule has 0 saturated carbocycles. The number of rotatable bonds is 3. The van der Waals surface area contributed by atoms with E-state index in [-0.39, 0.29) is 24.3 Å². The van der Waals surface area contributed by atoms with Crippen molar-refractivity contribution in [2.45, 2.75) is 12.5 Å². The maximum atomic E-state index is 12.5. The normalized spacial score (nSPS) is 22.4. The number of hydrogen-bond donors (Lipinski definition) is 1. The molecule has 2 aliphatic rings. The lowest BCUT2D eigenvalue weighted by molar-refractivity contribution is -0.138. The van der Waals surface area contributed by atoms with Crippen molar-refractivity contribution < 1.29 is 9.59 Å². The first-order valence-corrected chi connectivity index (χ1v) is 8.68. The first-order valence-electron chi connectivity index (χ1n) is 8.31. The molecular formula is C17H23ClN4O2. The Morgan fingerprint density at radius 2 is 2.00 bits per heavy atom. The van der Waals surface area contributed by atoms with Gasteiger partial charge in [0.1, 0.15) is 0 Å². The highest BCUT2D eigenvalue weighted by molar-refractivity contribution is 6.30. The average molecular weight is 351 g/mol. The fraction of sp³-hybridized carbons (Fsp3) is 0.529. The highest BCUT2D eigenvalue weighted by Gasteiger charge is 2.31. The van der Waals surface area contributed by atoms with E-state index in [0.29, 0.717) is 19.6 Å². The van der Waals surface area contributed by atoms with E-state index in [1.807, 2.05) is 41.1 Å². The predicted octanol–water partition coefficient (Wildman–Crippen LogP) is 0.809. The topological polar surface area (TPSA) is 55.9 Å². The molecule has 3 rings (SSSR count). The Kier molecular flexibility index (Phi) is 5.26. The summed E-state index contributed by atoms with van der Waals surface area (Å²) < 4.78 is 0. The van der Waals surface area contributed by atoms with Crippen LogP contribution in [0.15, 0.2) is 24.3 Å². The van der Waals surface area contributed by atoms with E-state index in [4.69, 9.17) is 11.6 Å². The molecule has 0 unspecified atom stereocenters. The van der Waals surface area contributed by atoms with Crippen LogP contribution in [0, 0.1) is 0 Å². The quantitative estimate of drug-likeness (QED) is 0.876. The van der Waals surface area contributed by atoms with Crippen molar-refractivity contribution in [2.24, 2.45) is 0 Å². The third-order valence-corrected chi connectivity index (χ3v) is 5.01. The van der Waals surface area contributed by atoms with E-state index in [2.05, 4.69) is 10.2 Å². The Balaban J connectivity index is 1.54. The highest BCUT2D eigenvalue weighted by atomic mass is 35.5. The van der Waals surface area contributed by atoms with E-state index < -0.39 is 0 Å². The van der Waals surface area contributed by atoms with Crippen LogP contribution in [-0.2, 0) is 9.59 Å². The van der Waals surface area contributed by atoms with Gasteiger partial charge < -0.3 is 15.1 Å². The van der Waals surface area contributed by atoms with E-state index >= 15 is 0 Å². The van der Waals surface area contributed by atoms with Crippen LogP contribution in [0.1, 0.15) is 6.42 Å². The molecule has 1 aromatic carbocycles. The van der Waals surface area contributed by atoms with Gasteiger partial charge in [0.2, 0.25) is 11.8 Å². The summed E-state index contributed by atoms with van der Waals surface area (Å²) in [5.41, 5.74) is 1.08. The van der Waals surface area contributed by atoms with Gasteiger partial charge in [-0.05, 0) is 25.2 Å². The number of amides is 2. The van der Waals surface area contributed by atoms with Crippen molar-refractivity contribution in [3.05, 3.63) is 29.3 Å². The molecule has 1 N–H and O–H groups in total. The van der Waals surface area contributed by atoms with Gasteiger partial charge >= 0.3 is 0 Å². The van der Waals surface area contributed by atoms with Crippen molar-refractivity contribution >= 4 is 29.1 Å². The fourth-order valence-corrected chi connectivity index (χ4v) is 3.44. The van der Waals surface area contributed by atoms with Crippen LogP contribution in [0.5, 0.6) is 0 Å². The summed E-state index contributed by atoms with van der Waals surface area (Å²) in [6.45, 7) is 4.33. The molecule has 0 radical (unpaired) electrons. The van der Waals surface area contributed by atoms with Crippen molar-refractivity contribution in [3.8, 4) is 0 Å². The minimum absolute atomic E-state index is 0.0466. The maximum absolute atomic E-state index is 12.5. The van der Waals surface area contributed by atoms with Crippen molar-refractivity contribution in [2.75, 3.05) is 51.2 Å². The Bertz CT molecular complexity index is 616. The molecule has 1 aromatic rings. The Labute approximate surface area is 147 Å². The zero-order valence-electron chi connectivity index (χ0n) is 13.9. The molecule has 130 valence electrons. The summed E-state index contributed by atoms with van der Waals surface area (Å²) in [5, 5.41) is 3.55. The third-order valence-electron chi connectivity index (χ3n) is 4.77. The van der Waals surface area contributed by atoms with Crippen molar-refractivity contribution in [1.82, 2.24) is 15.1 Å². The first kappa shape index (κ1) is 17.0. The maximum Gasteiger partial charge on any atom is 0.237 e. The zero-order valence-corrected chi connectivity index (χ0v) is 14.6. The summed E-state index contributed by atoms with van der Waals surface area (Å²) in [6.07, 6.45) is 0.250. The van der Waals surface area contributed by atoms with Crippen LogP contribution in [0.4, 0.5) is 5.69 Å². The number of nitrogens with zero attached hydrogens (tertiary/aromatic N) is 3. The third kappa shape index (κ3) is 3.82. The Hall–Kier alpha value is -1.79. The van der Waals surface area contributed by atoms with Gasteiger partial charge in [-0.3, -0.25) is 14.5 Å². The number of halogens is 1. The summed E-state index contributed by atoms with van der Waals surface area (Å²) in [6, 6.07) is 7.42. The lowest BCUT2D eigenvalue weighted by Crippen LogP contribution is -2.56. The monoisotopic (exact) mass is 350 g/mol. The summed E-state index contributed by atoms with van der Waals surface area (Å²) in [4.78, 5) is 30.5. The summed E-state index contributed by atoms with van der Waals surface area (Å²) in [5.74, 6) is 0.00399. The van der Waals surface area contributed by atoms with Crippen LogP contribution in [0.25, 0.3) is 0 Å². The molecule has 7 heteroatoms. The van der Waals surface area contributed by atoms with Gasteiger partial charge in [-0.2, -0.15) is 0 Å². The molecule has 0 aliphatic carbocycles. The van der Waals surface area contributed by atoms with E-state index in [1.165, 1.54) is 0 Å². The molecule has 0 aromatic heterocycles. The Morgan fingerprint density at radius 3 is 2.67 bits per heavy atom. The largest absolute Gasteiger partial charge is 0.368 e. The number of benzene rings is 1. The smallest absolute Gasteiger partial charge is 0.237 e. The molecule has 2 fully saturated rings. The van der Waals surface area contributed by atoms with Gasteiger partial charge in [0.25, 0.3) is 0 Å². The van der Waals surface area contributed by atoms with Gasteiger partial charge in [-0.15, -0.1) is 0 Å². The number of carbonyl (C=O) groups excluding carboxylic acids is 2. The van der Waals surface area contributed by atoms with Crippen LogP contribution in [0.3, 0.4) is 0 Å². The second-order valence-electron chi connectivity index (χ2n) is 6.34. The summed E-state index contributed by atoms with van der Waals surface area (Å²) >= 11 is 6.05. The molecule has 0 bridgehead atoms. The molecule has 2 aliphatic heterocycles. The van der Waals surface area contributed by atoms with Crippen LogP contribution < -0.4 is 10.2 Å². The second-order valence-corrected chi connectivity index (χ2v) is 6.78. The first-order chi connectivity index (χ1) is 11.5. The number of likely N-dealkylation sites (N-methyl/N-ethyl adjacent to an activating group) is 1. The van der Waals surface area contributed by atoms with Gasteiger partial charge in [-0.1, -0.05) is 17.7 Å². The van der Waals surface area contributed by atoms with E-state index in [1.54, 1.807) is 0 Å². The molecule has 1 atom stereocenters. The standard InChI is InChI=1S/C17H23ClN4O2/c1-20-6-5-19-17(24)15(20)12-16(23)22-9-7-21(8-10-22)14-4-2-3-13(18)11-14/h2-4,11,15H,5-10,12H2,1H3,(H,19,24)/t15-/m1/s1. The fourth-order valence-electron chi connectivity index (χ4n) is 3.26. The summed E-state index contributed by atoms with van der Waals surface area (Å²) in [7, 11) is 1.90.